The average Bonchev–Trinajstić information content (AvgIpc) is 3.24. The van der Waals surface area contributed by atoms with Crippen molar-refractivity contribution in [2.75, 3.05) is 0 Å². The number of amides is 2. The normalized spacial score (nSPS) is 12.4. The number of hydrogen-bond donors (Lipinski definition) is 3. The summed E-state index contributed by atoms with van der Waals surface area (Å²) >= 11 is 0. The lowest BCUT2D eigenvalue weighted by Gasteiger charge is -2.20. The first-order valence-electron chi connectivity index (χ1n) is 10.3. The predicted octanol–water partition coefficient (Wildman–Crippen LogP) is 1.37. The Bertz CT molecular complexity index is 1210. The number of sulfonamides is 1. The van der Waals surface area contributed by atoms with Gasteiger partial charge in [0.2, 0.25) is 15.9 Å². The first-order chi connectivity index (χ1) is 15.6. The Labute approximate surface area is 192 Å². The molecule has 0 saturated carbocycles. The van der Waals surface area contributed by atoms with E-state index in [4.69, 9.17) is 5.14 Å². The highest BCUT2D eigenvalue weighted by atomic mass is 32.2. The fourth-order valence-electron chi connectivity index (χ4n) is 3.22. The minimum absolute atomic E-state index is 0.0396. The maximum absolute atomic E-state index is 12.8. The Balaban J connectivity index is 1.61. The Morgan fingerprint density at radius 3 is 2.27 bits per heavy atom. The predicted molar refractivity (Wildman–Crippen MR) is 121 cm³/mol. The second kappa shape index (κ2) is 10.4. The number of rotatable bonds is 9. The smallest absolute Gasteiger partial charge is 0.251 e. The summed E-state index contributed by atoms with van der Waals surface area (Å²) in [7, 11) is -3.83. The molecule has 0 aliphatic rings. The molecule has 1 aromatic heterocycles. The van der Waals surface area contributed by atoms with Crippen molar-refractivity contribution in [1.29, 1.82) is 0 Å². The minimum Gasteiger partial charge on any atom is -0.350 e. The van der Waals surface area contributed by atoms with Crippen LogP contribution >= 0.6 is 0 Å². The summed E-state index contributed by atoms with van der Waals surface area (Å²) < 4.78 is 24.1. The van der Waals surface area contributed by atoms with Gasteiger partial charge < -0.3 is 10.6 Å². The van der Waals surface area contributed by atoms with E-state index >= 15 is 0 Å². The zero-order valence-electron chi connectivity index (χ0n) is 18.3. The van der Waals surface area contributed by atoms with Crippen LogP contribution in [0, 0.1) is 5.92 Å². The highest BCUT2D eigenvalue weighted by molar-refractivity contribution is 7.89. The number of carbonyl (C=O) groups is 2. The van der Waals surface area contributed by atoms with E-state index in [2.05, 4.69) is 20.9 Å². The lowest BCUT2D eigenvalue weighted by Crippen LogP contribution is -2.35. The van der Waals surface area contributed by atoms with Gasteiger partial charge >= 0.3 is 0 Å². The summed E-state index contributed by atoms with van der Waals surface area (Å²) in [6.45, 7) is 4.33. The van der Waals surface area contributed by atoms with E-state index in [9.17, 15) is 18.0 Å². The minimum atomic E-state index is -3.83. The molecule has 0 spiro atoms. The largest absolute Gasteiger partial charge is 0.350 e. The number of hydrogen-bond acceptors (Lipinski definition) is 6. The van der Waals surface area contributed by atoms with E-state index in [1.807, 2.05) is 44.2 Å². The van der Waals surface area contributed by atoms with Gasteiger partial charge in [0.05, 0.1) is 17.6 Å². The molecule has 0 unspecified atom stereocenters. The first-order valence-corrected chi connectivity index (χ1v) is 11.8. The maximum atomic E-state index is 12.8. The molecule has 174 valence electrons. The quantitative estimate of drug-likeness (QED) is 0.430. The maximum Gasteiger partial charge on any atom is 0.251 e. The zero-order valence-corrected chi connectivity index (χ0v) is 19.1. The van der Waals surface area contributed by atoms with Crippen molar-refractivity contribution in [2.24, 2.45) is 11.1 Å². The molecule has 0 saturated heterocycles. The molecule has 0 radical (unpaired) electrons. The van der Waals surface area contributed by atoms with Gasteiger partial charge in [-0.15, -0.1) is 5.10 Å². The second-order valence-corrected chi connectivity index (χ2v) is 9.40. The highest BCUT2D eigenvalue weighted by Crippen LogP contribution is 2.17. The topological polar surface area (TPSA) is 149 Å². The molecule has 33 heavy (non-hydrogen) atoms. The first kappa shape index (κ1) is 24.1. The van der Waals surface area contributed by atoms with Crippen molar-refractivity contribution in [3.63, 3.8) is 0 Å². The molecule has 3 rings (SSSR count). The molecule has 4 N–H and O–H groups in total. The average molecular weight is 471 g/mol. The van der Waals surface area contributed by atoms with Crippen LogP contribution in [-0.4, -0.2) is 35.2 Å². The van der Waals surface area contributed by atoms with Crippen molar-refractivity contribution in [2.45, 2.75) is 37.9 Å². The molecule has 1 atom stereocenters. The molecular formula is C22H26N6O4S. The van der Waals surface area contributed by atoms with Gasteiger partial charge in [0.25, 0.3) is 5.91 Å². The molecule has 2 aromatic carbocycles. The zero-order chi connectivity index (χ0) is 24.0. The lowest BCUT2D eigenvalue weighted by atomic mass is 10.0. The van der Waals surface area contributed by atoms with Gasteiger partial charge in [-0.25, -0.2) is 18.2 Å². The number of benzene rings is 2. The Morgan fingerprint density at radius 1 is 1.00 bits per heavy atom. The fourth-order valence-corrected chi connectivity index (χ4v) is 3.73. The van der Waals surface area contributed by atoms with Crippen LogP contribution < -0.4 is 15.8 Å². The number of nitrogens with one attached hydrogen (secondary N) is 2. The SMILES string of the molecule is CC(C)[C@@H](C(=O)NCc1ccccc1)n1cc(CNC(=O)c2ccc(S(N)(=O)=O)cc2)nn1. The lowest BCUT2D eigenvalue weighted by molar-refractivity contribution is -0.126. The van der Waals surface area contributed by atoms with Crippen LogP contribution in [0.2, 0.25) is 0 Å². The van der Waals surface area contributed by atoms with Crippen molar-refractivity contribution in [3.05, 3.63) is 77.6 Å². The van der Waals surface area contributed by atoms with Gasteiger partial charge in [-0.1, -0.05) is 49.4 Å². The molecule has 1 heterocycles. The van der Waals surface area contributed by atoms with E-state index in [-0.39, 0.29) is 28.8 Å². The third-order valence-electron chi connectivity index (χ3n) is 4.93. The monoisotopic (exact) mass is 470 g/mol. The van der Waals surface area contributed by atoms with Crippen molar-refractivity contribution in [3.8, 4) is 0 Å². The Hall–Kier alpha value is -3.57. The summed E-state index contributed by atoms with van der Waals surface area (Å²) in [5.74, 6) is -0.627. The molecular weight excluding hydrogens is 444 g/mol. The van der Waals surface area contributed by atoms with Crippen LogP contribution in [-0.2, 0) is 27.9 Å². The third-order valence-corrected chi connectivity index (χ3v) is 5.86. The summed E-state index contributed by atoms with van der Waals surface area (Å²) in [6.07, 6.45) is 1.62. The highest BCUT2D eigenvalue weighted by Gasteiger charge is 2.25. The van der Waals surface area contributed by atoms with Crippen LogP contribution in [0.4, 0.5) is 0 Å². The van der Waals surface area contributed by atoms with E-state index in [0.717, 1.165) is 5.56 Å². The number of nitrogens with zero attached hydrogens (tertiary/aromatic N) is 3. The molecule has 11 heteroatoms. The molecule has 10 nitrogen and oxygen atoms in total. The Kier molecular flexibility index (Phi) is 7.56. The van der Waals surface area contributed by atoms with Crippen LogP contribution in [0.1, 0.15) is 41.5 Å². The summed E-state index contributed by atoms with van der Waals surface area (Å²) in [5, 5.41) is 18.8. The molecule has 0 aliphatic carbocycles. The van der Waals surface area contributed by atoms with Gasteiger partial charge in [0, 0.05) is 12.1 Å². The van der Waals surface area contributed by atoms with Gasteiger partial charge in [0.15, 0.2) is 0 Å². The van der Waals surface area contributed by atoms with Gasteiger partial charge in [-0.3, -0.25) is 9.59 Å². The van der Waals surface area contributed by atoms with E-state index in [1.54, 1.807) is 6.20 Å². The molecule has 0 fully saturated rings. The number of primary sulfonamides is 1. The van der Waals surface area contributed by atoms with Crippen LogP contribution in [0.15, 0.2) is 65.7 Å². The molecule has 3 aromatic rings. The second-order valence-electron chi connectivity index (χ2n) is 7.83. The summed E-state index contributed by atoms with van der Waals surface area (Å²) in [6, 6.07) is 14.3. The van der Waals surface area contributed by atoms with Gasteiger partial charge in [-0.05, 0) is 35.7 Å². The van der Waals surface area contributed by atoms with Crippen molar-refractivity contribution < 1.29 is 18.0 Å². The van der Waals surface area contributed by atoms with Crippen LogP contribution in [0.5, 0.6) is 0 Å². The Morgan fingerprint density at radius 2 is 1.67 bits per heavy atom. The summed E-state index contributed by atoms with van der Waals surface area (Å²) in [5.41, 5.74) is 1.74. The van der Waals surface area contributed by atoms with Crippen LogP contribution in [0.25, 0.3) is 0 Å². The summed E-state index contributed by atoms with van der Waals surface area (Å²) in [4.78, 5) is 25.1. The standard InChI is InChI=1S/C22H26N6O4S/c1-15(2)20(22(30)24-12-16-6-4-3-5-7-16)28-14-18(26-27-28)13-25-21(29)17-8-10-19(11-9-17)33(23,31)32/h3-11,14-15,20H,12-13H2,1-2H3,(H,24,30)(H,25,29)(H2,23,31,32)/t20-/m0/s1. The van der Waals surface area contributed by atoms with Crippen molar-refractivity contribution in [1.82, 2.24) is 25.6 Å². The fraction of sp³-hybridized carbons (Fsp3) is 0.273. The molecule has 0 bridgehead atoms. The third kappa shape index (κ3) is 6.46. The van der Waals surface area contributed by atoms with Crippen LogP contribution in [0.3, 0.4) is 0 Å². The van der Waals surface area contributed by atoms with E-state index in [0.29, 0.717) is 12.2 Å². The van der Waals surface area contributed by atoms with Gasteiger partial charge in [-0.2, -0.15) is 0 Å². The number of carbonyl (C=O) groups excluding carboxylic acids is 2. The van der Waals surface area contributed by atoms with Gasteiger partial charge in [0.1, 0.15) is 11.7 Å². The van der Waals surface area contributed by atoms with E-state index < -0.39 is 22.0 Å². The molecule has 2 amide bonds. The number of nitrogens with two attached hydrogens (primary N) is 1. The van der Waals surface area contributed by atoms with E-state index in [1.165, 1.54) is 28.9 Å². The molecule has 0 aliphatic heterocycles. The number of aromatic nitrogens is 3. The van der Waals surface area contributed by atoms with Crippen molar-refractivity contribution >= 4 is 21.8 Å².